The van der Waals surface area contributed by atoms with Crippen LogP contribution in [0.5, 0.6) is 11.5 Å². The smallest absolute Gasteiger partial charge is 0.227 e. The second-order valence-electron chi connectivity index (χ2n) is 15.2. The van der Waals surface area contributed by atoms with Crippen molar-refractivity contribution >= 4 is 22.0 Å². The van der Waals surface area contributed by atoms with Gasteiger partial charge in [-0.15, -0.1) is 0 Å². The van der Waals surface area contributed by atoms with Crippen LogP contribution in [0.15, 0.2) is 71.3 Å². The van der Waals surface area contributed by atoms with Crippen molar-refractivity contribution in [2.45, 2.75) is 77.0 Å². The summed E-state index contributed by atoms with van der Waals surface area (Å²) in [4.78, 5) is 9.77. The van der Waals surface area contributed by atoms with Crippen LogP contribution >= 0.6 is 0 Å². The maximum atomic E-state index is 10.1. The van der Waals surface area contributed by atoms with Crippen LogP contribution in [0, 0.1) is 18.3 Å². The second-order valence-corrected chi connectivity index (χ2v) is 15.2. The fourth-order valence-electron chi connectivity index (χ4n) is 8.72. The standard InChI is InChI=1S/C45H50N6O4/c1-29-35(13-9-14-36(29)45-48-40-22-30(21-31(25-46)44(40)55-45)27-49(2)32-11-7-6-8-12-32)37-15-10-16-41-38(37)26-47-51(41)34-23-42(52-4)39(43(24-34)53-5)28-50(3)33-17-19-54-20-18-33/h9-10,13-16,21-24,26,32-33H,6-8,11-12,17-20,27-28H2,1-5H3. The van der Waals surface area contributed by atoms with E-state index in [1.165, 1.54) is 32.1 Å². The molecule has 284 valence electrons. The quantitative estimate of drug-likeness (QED) is 0.129. The minimum absolute atomic E-state index is 0.451. The Hall–Kier alpha value is -5.21. The lowest BCUT2D eigenvalue weighted by Gasteiger charge is -2.32. The Kier molecular flexibility index (Phi) is 10.6. The summed E-state index contributed by atoms with van der Waals surface area (Å²) < 4.78 is 25.9. The molecule has 2 fully saturated rings. The van der Waals surface area contributed by atoms with E-state index in [1.54, 1.807) is 14.2 Å². The van der Waals surface area contributed by atoms with Crippen LogP contribution in [0.1, 0.15) is 67.2 Å². The molecule has 0 spiro atoms. The number of nitriles is 1. The lowest BCUT2D eigenvalue weighted by Crippen LogP contribution is -2.36. The number of fused-ring (bicyclic) bond motifs is 2. The van der Waals surface area contributed by atoms with Gasteiger partial charge in [0, 0.05) is 61.5 Å². The first-order valence-corrected chi connectivity index (χ1v) is 19.5. The van der Waals surface area contributed by atoms with Crippen molar-refractivity contribution in [3.05, 3.63) is 89.1 Å². The monoisotopic (exact) mass is 738 g/mol. The Morgan fingerprint density at radius 1 is 0.836 bits per heavy atom. The summed E-state index contributed by atoms with van der Waals surface area (Å²) in [6, 6.07) is 24.0. The van der Waals surface area contributed by atoms with Gasteiger partial charge in [0.25, 0.3) is 0 Å². The lowest BCUT2D eigenvalue weighted by molar-refractivity contribution is 0.0403. The van der Waals surface area contributed by atoms with Crippen LogP contribution in [-0.2, 0) is 17.8 Å². The first-order chi connectivity index (χ1) is 26.9. The molecule has 10 heteroatoms. The average molecular weight is 739 g/mol. The fourth-order valence-corrected chi connectivity index (χ4v) is 8.72. The lowest BCUT2D eigenvalue weighted by atomic mass is 9.94. The molecule has 2 aromatic heterocycles. The summed E-state index contributed by atoms with van der Waals surface area (Å²) in [5, 5.41) is 16.0. The van der Waals surface area contributed by atoms with Gasteiger partial charge in [-0.3, -0.25) is 9.80 Å². The van der Waals surface area contributed by atoms with Gasteiger partial charge < -0.3 is 18.6 Å². The van der Waals surface area contributed by atoms with Crippen molar-refractivity contribution in [2.24, 2.45) is 0 Å². The molecule has 0 unspecified atom stereocenters. The molecule has 0 atom stereocenters. The van der Waals surface area contributed by atoms with Crippen molar-refractivity contribution in [3.63, 3.8) is 0 Å². The highest BCUT2D eigenvalue weighted by atomic mass is 16.5. The van der Waals surface area contributed by atoms with Crippen molar-refractivity contribution in [3.8, 4) is 45.8 Å². The predicted octanol–water partition coefficient (Wildman–Crippen LogP) is 9.07. The zero-order valence-electron chi connectivity index (χ0n) is 32.6. The van der Waals surface area contributed by atoms with Gasteiger partial charge in [0.05, 0.1) is 42.7 Å². The van der Waals surface area contributed by atoms with E-state index in [-0.39, 0.29) is 0 Å². The number of ether oxygens (including phenoxy) is 3. The van der Waals surface area contributed by atoms with Gasteiger partial charge in [0.15, 0.2) is 5.58 Å². The largest absolute Gasteiger partial charge is 0.496 e. The molecular formula is C45H50N6O4. The van der Waals surface area contributed by atoms with Crippen molar-refractivity contribution < 1.29 is 18.6 Å². The highest BCUT2D eigenvalue weighted by molar-refractivity contribution is 5.97. The van der Waals surface area contributed by atoms with E-state index in [0.717, 1.165) is 94.1 Å². The molecule has 10 nitrogen and oxygen atoms in total. The van der Waals surface area contributed by atoms with Gasteiger partial charge in [0.2, 0.25) is 5.89 Å². The van der Waals surface area contributed by atoms with Gasteiger partial charge in [-0.1, -0.05) is 43.5 Å². The summed E-state index contributed by atoms with van der Waals surface area (Å²) in [5.74, 6) is 2.03. The van der Waals surface area contributed by atoms with Crippen LogP contribution in [0.2, 0.25) is 0 Å². The Labute approximate surface area is 323 Å². The van der Waals surface area contributed by atoms with Crippen LogP contribution in [0.4, 0.5) is 0 Å². The Morgan fingerprint density at radius 2 is 1.51 bits per heavy atom. The van der Waals surface area contributed by atoms with Gasteiger partial charge in [-0.05, 0) is 93.2 Å². The van der Waals surface area contributed by atoms with E-state index in [0.29, 0.717) is 41.2 Å². The number of rotatable bonds is 11. The van der Waals surface area contributed by atoms with Gasteiger partial charge in [-0.2, -0.15) is 10.4 Å². The Bertz CT molecular complexity index is 2340. The Morgan fingerprint density at radius 3 is 2.24 bits per heavy atom. The number of aromatic nitrogens is 3. The normalized spacial score (nSPS) is 15.7. The second kappa shape index (κ2) is 15.9. The Balaban J connectivity index is 1.11. The van der Waals surface area contributed by atoms with Gasteiger partial charge in [0.1, 0.15) is 23.1 Å². The molecule has 55 heavy (non-hydrogen) atoms. The number of benzene rings is 4. The summed E-state index contributed by atoms with van der Waals surface area (Å²) in [5.41, 5.74) is 9.70. The third-order valence-electron chi connectivity index (χ3n) is 11.8. The molecule has 1 saturated heterocycles. The van der Waals surface area contributed by atoms with Crippen LogP contribution in [0.3, 0.4) is 0 Å². The molecule has 1 aliphatic carbocycles. The zero-order valence-corrected chi connectivity index (χ0v) is 32.6. The molecule has 1 saturated carbocycles. The number of hydrogen-bond acceptors (Lipinski definition) is 9. The van der Waals surface area contributed by atoms with Gasteiger partial charge >= 0.3 is 0 Å². The molecule has 6 aromatic rings. The van der Waals surface area contributed by atoms with E-state index in [1.807, 2.05) is 41.2 Å². The minimum Gasteiger partial charge on any atom is -0.496 e. The molecular weight excluding hydrogens is 689 g/mol. The number of nitrogens with zero attached hydrogens (tertiary/aromatic N) is 6. The summed E-state index contributed by atoms with van der Waals surface area (Å²) in [6.45, 7) is 5.17. The van der Waals surface area contributed by atoms with E-state index in [9.17, 15) is 5.26 Å². The molecule has 0 N–H and O–H groups in total. The molecule has 3 heterocycles. The van der Waals surface area contributed by atoms with Crippen molar-refractivity contribution in [1.82, 2.24) is 24.6 Å². The molecule has 8 rings (SSSR count). The van der Waals surface area contributed by atoms with Crippen LogP contribution in [-0.4, -0.2) is 78.2 Å². The van der Waals surface area contributed by atoms with E-state index in [4.69, 9.17) is 28.7 Å². The SMILES string of the molecule is COc1cc(-n2ncc3c(-c4cccc(-c5nc6cc(CN(C)C7CCCCC7)cc(C#N)c6o5)c4C)cccc32)cc(OC)c1CN(C)C1CCOCC1. The topological polar surface area (TPSA) is 102 Å². The number of methoxy groups -OCH3 is 2. The van der Waals surface area contributed by atoms with Crippen molar-refractivity contribution in [1.29, 1.82) is 5.26 Å². The van der Waals surface area contributed by atoms with E-state index in [2.05, 4.69) is 67.2 Å². The summed E-state index contributed by atoms with van der Waals surface area (Å²) in [6.07, 6.45) is 10.3. The molecule has 0 radical (unpaired) electrons. The van der Waals surface area contributed by atoms with E-state index >= 15 is 0 Å². The fraction of sp³-hybridized carbons (Fsp3) is 0.400. The first kappa shape index (κ1) is 36.8. The number of hydrogen-bond donors (Lipinski definition) is 0. The molecule has 4 aromatic carbocycles. The first-order valence-electron chi connectivity index (χ1n) is 19.5. The zero-order chi connectivity index (χ0) is 38.1. The van der Waals surface area contributed by atoms with Crippen LogP contribution < -0.4 is 9.47 Å². The molecule has 1 aliphatic heterocycles. The van der Waals surface area contributed by atoms with Crippen molar-refractivity contribution in [2.75, 3.05) is 41.5 Å². The summed E-state index contributed by atoms with van der Waals surface area (Å²) in [7, 11) is 7.76. The van der Waals surface area contributed by atoms with E-state index < -0.39 is 0 Å². The maximum Gasteiger partial charge on any atom is 0.227 e. The maximum absolute atomic E-state index is 10.1. The van der Waals surface area contributed by atoms with Gasteiger partial charge in [-0.25, -0.2) is 9.67 Å². The third-order valence-corrected chi connectivity index (χ3v) is 11.8. The number of oxazole rings is 1. The third kappa shape index (κ3) is 7.20. The highest BCUT2D eigenvalue weighted by Crippen LogP contribution is 2.39. The average Bonchev–Trinajstić information content (AvgIpc) is 3.86. The highest BCUT2D eigenvalue weighted by Gasteiger charge is 2.24. The molecule has 0 amide bonds. The molecule has 0 bridgehead atoms. The predicted molar refractivity (Wildman–Crippen MR) is 216 cm³/mol. The minimum atomic E-state index is 0.451. The van der Waals surface area contributed by atoms with Crippen LogP contribution in [0.25, 0.3) is 50.3 Å². The summed E-state index contributed by atoms with van der Waals surface area (Å²) >= 11 is 0. The molecule has 2 aliphatic rings.